The highest BCUT2D eigenvalue weighted by Crippen LogP contribution is 2.17. The number of amides is 1. The van der Waals surface area contributed by atoms with Gasteiger partial charge in [0, 0.05) is 23.6 Å². The van der Waals surface area contributed by atoms with Gasteiger partial charge >= 0.3 is 0 Å². The lowest BCUT2D eigenvalue weighted by molar-refractivity contribution is 0.102. The summed E-state index contributed by atoms with van der Waals surface area (Å²) < 4.78 is 20.7. The van der Waals surface area contributed by atoms with Crippen molar-refractivity contribution in [2.24, 2.45) is 0 Å². The molecular formula is C22H18FN3O2. The summed E-state index contributed by atoms with van der Waals surface area (Å²) in [5.41, 5.74) is 3.78. The van der Waals surface area contributed by atoms with Crippen LogP contribution in [-0.4, -0.2) is 15.3 Å². The number of anilines is 1. The first-order valence-corrected chi connectivity index (χ1v) is 8.81. The van der Waals surface area contributed by atoms with E-state index in [0.29, 0.717) is 23.6 Å². The molecule has 0 radical (unpaired) electrons. The van der Waals surface area contributed by atoms with E-state index in [2.05, 4.69) is 10.3 Å². The first kappa shape index (κ1) is 17.7. The van der Waals surface area contributed by atoms with Gasteiger partial charge in [-0.1, -0.05) is 12.1 Å². The fourth-order valence-corrected chi connectivity index (χ4v) is 2.85. The van der Waals surface area contributed by atoms with Crippen molar-refractivity contribution in [3.05, 3.63) is 95.7 Å². The molecule has 0 saturated carbocycles. The highest BCUT2D eigenvalue weighted by Gasteiger charge is 2.09. The van der Waals surface area contributed by atoms with Gasteiger partial charge in [0.25, 0.3) is 5.91 Å². The maximum Gasteiger partial charge on any atom is 0.255 e. The molecule has 140 valence electrons. The normalized spacial score (nSPS) is 10.8. The molecule has 0 unspecified atom stereocenters. The molecule has 4 aromatic rings. The summed E-state index contributed by atoms with van der Waals surface area (Å²) in [5, 5.41) is 2.73. The molecule has 2 aromatic carbocycles. The first-order chi connectivity index (χ1) is 13.6. The fourth-order valence-electron chi connectivity index (χ4n) is 2.85. The largest absolute Gasteiger partial charge is 0.487 e. The van der Waals surface area contributed by atoms with Crippen LogP contribution in [0.25, 0.3) is 5.65 Å². The third kappa shape index (κ3) is 4.01. The van der Waals surface area contributed by atoms with E-state index in [1.165, 1.54) is 24.3 Å². The molecule has 6 heteroatoms. The number of nitrogens with zero attached hydrogens (tertiary/aromatic N) is 2. The molecule has 5 nitrogen and oxygen atoms in total. The predicted molar refractivity (Wildman–Crippen MR) is 105 cm³/mol. The van der Waals surface area contributed by atoms with E-state index < -0.39 is 0 Å². The lowest BCUT2D eigenvalue weighted by Crippen LogP contribution is -2.12. The maximum atomic E-state index is 13.0. The quantitative estimate of drug-likeness (QED) is 0.554. The number of nitrogens with one attached hydrogen (secondary N) is 1. The molecule has 0 aliphatic heterocycles. The zero-order chi connectivity index (χ0) is 19.5. The van der Waals surface area contributed by atoms with E-state index in [1.54, 1.807) is 24.3 Å². The molecular weight excluding hydrogens is 357 g/mol. The van der Waals surface area contributed by atoms with Crippen molar-refractivity contribution in [2.45, 2.75) is 13.5 Å². The van der Waals surface area contributed by atoms with Gasteiger partial charge in [0.15, 0.2) is 0 Å². The van der Waals surface area contributed by atoms with E-state index in [-0.39, 0.29) is 11.7 Å². The Bertz CT molecular complexity index is 1140. The van der Waals surface area contributed by atoms with Crippen LogP contribution in [0.3, 0.4) is 0 Å². The van der Waals surface area contributed by atoms with Gasteiger partial charge in [-0.25, -0.2) is 9.37 Å². The van der Waals surface area contributed by atoms with Gasteiger partial charge in [-0.3, -0.25) is 4.79 Å². The molecule has 4 rings (SSSR count). The number of aryl methyl sites for hydroxylation is 1. The number of fused-ring (bicyclic) bond motifs is 1. The number of ether oxygens (including phenoxy) is 1. The van der Waals surface area contributed by atoms with E-state index in [9.17, 15) is 9.18 Å². The topological polar surface area (TPSA) is 55.6 Å². The van der Waals surface area contributed by atoms with Crippen molar-refractivity contribution in [1.29, 1.82) is 0 Å². The van der Waals surface area contributed by atoms with Gasteiger partial charge in [0.1, 0.15) is 23.8 Å². The highest BCUT2D eigenvalue weighted by atomic mass is 19.1. The molecule has 0 spiro atoms. The molecule has 2 heterocycles. The summed E-state index contributed by atoms with van der Waals surface area (Å²) in [7, 11) is 0. The SMILES string of the molecule is Cc1ccc2nc(COc3cccc(C(=O)Nc4ccc(F)cc4)c3)cn2c1. The van der Waals surface area contributed by atoms with Crippen LogP contribution in [0.4, 0.5) is 10.1 Å². The zero-order valence-electron chi connectivity index (χ0n) is 15.2. The average Bonchev–Trinajstić information content (AvgIpc) is 3.10. The number of imidazole rings is 1. The number of hydrogen-bond acceptors (Lipinski definition) is 3. The van der Waals surface area contributed by atoms with Crippen LogP contribution >= 0.6 is 0 Å². The van der Waals surface area contributed by atoms with Crippen molar-refractivity contribution in [2.75, 3.05) is 5.32 Å². The van der Waals surface area contributed by atoms with Crippen molar-refractivity contribution in [3.8, 4) is 5.75 Å². The summed E-state index contributed by atoms with van der Waals surface area (Å²) in [4.78, 5) is 16.9. The summed E-state index contributed by atoms with van der Waals surface area (Å²) in [6.45, 7) is 2.32. The Labute approximate surface area is 161 Å². The van der Waals surface area contributed by atoms with E-state index in [0.717, 1.165) is 16.9 Å². The summed E-state index contributed by atoms with van der Waals surface area (Å²) in [6, 6.07) is 16.5. The Morgan fingerprint density at radius 2 is 1.93 bits per heavy atom. The van der Waals surface area contributed by atoms with Crippen molar-refractivity contribution in [1.82, 2.24) is 9.38 Å². The number of rotatable bonds is 5. The van der Waals surface area contributed by atoms with E-state index in [4.69, 9.17) is 4.74 Å². The monoisotopic (exact) mass is 375 g/mol. The Morgan fingerprint density at radius 1 is 1.11 bits per heavy atom. The average molecular weight is 375 g/mol. The van der Waals surface area contributed by atoms with Crippen LogP contribution in [-0.2, 0) is 6.61 Å². The molecule has 2 aromatic heterocycles. The van der Waals surface area contributed by atoms with Gasteiger partial charge in [-0.15, -0.1) is 0 Å². The molecule has 1 N–H and O–H groups in total. The lowest BCUT2D eigenvalue weighted by Gasteiger charge is -2.08. The number of carbonyl (C=O) groups excluding carboxylic acids is 1. The first-order valence-electron chi connectivity index (χ1n) is 8.81. The van der Waals surface area contributed by atoms with Crippen molar-refractivity contribution < 1.29 is 13.9 Å². The number of aromatic nitrogens is 2. The second-order valence-corrected chi connectivity index (χ2v) is 6.48. The van der Waals surface area contributed by atoms with Crippen molar-refractivity contribution >= 4 is 17.2 Å². The highest BCUT2D eigenvalue weighted by molar-refractivity contribution is 6.04. The molecule has 28 heavy (non-hydrogen) atoms. The van der Waals surface area contributed by atoms with Gasteiger partial charge < -0.3 is 14.5 Å². The Hall–Kier alpha value is -3.67. The minimum absolute atomic E-state index is 0.291. The number of pyridine rings is 1. The van der Waals surface area contributed by atoms with Gasteiger partial charge in [0.2, 0.25) is 0 Å². The Balaban J connectivity index is 1.44. The lowest BCUT2D eigenvalue weighted by atomic mass is 10.2. The Kier molecular flexibility index (Phi) is 4.76. The number of halogens is 1. The standard InChI is InChI=1S/C22H18FN3O2/c1-15-5-10-21-24-19(13-26(21)12-15)14-28-20-4-2-3-16(11-20)22(27)25-18-8-6-17(23)7-9-18/h2-13H,14H2,1H3,(H,25,27). The Morgan fingerprint density at radius 3 is 2.75 bits per heavy atom. The predicted octanol–water partition coefficient (Wildman–Crippen LogP) is 4.61. The summed E-state index contributed by atoms with van der Waals surface area (Å²) in [5.74, 6) is -0.0734. The number of carbonyl (C=O) groups is 1. The van der Waals surface area contributed by atoms with Gasteiger partial charge in [0.05, 0.1) is 5.69 Å². The molecule has 0 aliphatic carbocycles. The van der Waals surface area contributed by atoms with Crippen LogP contribution < -0.4 is 10.1 Å². The van der Waals surface area contributed by atoms with E-state index >= 15 is 0 Å². The number of benzene rings is 2. The third-order valence-electron chi connectivity index (χ3n) is 4.23. The maximum absolute atomic E-state index is 13.0. The molecule has 0 fully saturated rings. The van der Waals surface area contributed by atoms with Crippen LogP contribution in [0.5, 0.6) is 5.75 Å². The summed E-state index contributed by atoms with van der Waals surface area (Å²) in [6.07, 6.45) is 3.93. The second-order valence-electron chi connectivity index (χ2n) is 6.48. The van der Waals surface area contributed by atoms with Gasteiger partial charge in [-0.2, -0.15) is 0 Å². The van der Waals surface area contributed by atoms with Crippen LogP contribution in [0.2, 0.25) is 0 Å². The molecule has 0 atom stereocenters. The number of hydrogen-bond donors (Lipinski definition) is 1. The summed E-state index contributed by atoms with van der Waals surface area (Å²) >= 11 is 0. The fraction of sp³-hybridized carbons (Fsp3) is 0.0909. The third-order valence-corrected chi connectivity index (χ3v) is 4.23. The smallest absolute Gasteiger partial charge is 0.255 e. The minimum atomic E-state index is -0.351. The molecule has 0 bridgehead atoms. The minimum Gasteiger partial charge on any atom is -0.487 e. The molecule has 0 saturated heterocycles. The van der Waals surface area contributed by atoms with E-state index in [1.807, 2.05) is 35.9 Å². The molecule has 1 amide bonds. The zero-order valence-corrected chi connectivity index (χ0v) is 15.2. The molecule has 0 aliphatic rings. The van der Waals surface area contributed by atoms with Crippen LogP contribution in [0.15, 0.2) is 73.1 Å². The van der Waals surface area contributed by atoms with Crippen LogP contribution in [0, 0.1) is 12.7 Å². The van der Waals surface area contributed by atoms with Gasteiger partial charge in [-0.05, 0) is 61.0 Å². The van der Waals surface area contributed by atoms with Crippen LogP contribution in [0.1, 0.15) is 21.6 Å². The second kappa shape index (κ2) is 7.52. The van der Waals surface area contributed by atoms with Crippen molar-refractivity contribution in [3.63, 3.8) is 0 Å².